The van der Waals surface area contributed by atoms with Gasteiger partial charge in [-0.05, 0) is 162 Å². The Hall–Kier alpha value is -4.70. The van der Waals surface area contributed by atoms with Crippen LogP contribution in [0.2, 0.25) is 0 Å². The van der Waals surface area contributed by atoms with Gasteiger partial charge in [0.1, 0.15) is 32.7 Å². The number of phenolic OH excluding ortho intramolecular Hbond substituents is 1. The Morgan fingerprint density at radius 3 is 1.62 bits per heavy atom. The summed E-state index contributed by atoms with van der Waals surface area (Å²) < 4.78 is 17.7. The van der Waals surface area contributed by atoms with Crippen LogP contribution in [-0.4, -0.2) is 34.1 Å². The predicted molar refractivity (Wildman–Crippen MR) is 194 cm³/mol. The van der Waals surface area contributed by atoms with Crippen molar-refractivity contribution in [2.24, 2.45) is 5.41 Å². The summed E-state index contributed by atoms with van der Waals surface area (Å²) in [5.41, 5.74) is 5.58. The maximum atomic E-state index is 13.7. The van der Waals surface area contributed by atoms with Gasteiger partial charge in [-0.1, -0.05) is 23.3 Å². The van der Waals surface area contributed by atoms with Crippen LogP contribution >= 0.6 is 15.9 Å². The largest absolute Gasteiger partial charge is 0.506 e. The monoisotopic (exact) mass is 746 g/mol. The minimum atomic E-state index is -1.05. The number of halogens is 1. The van der Waals surface area contributed by atoms with Crippen LogP contribution < -0.4 is 14.2 Å². The maximum absolute atomic E-state index is 13.7. The number of hydrogen-bond donors (Lipinski definition) is 2. The smallest absolute Gasteiger partial charge is 0.347 e. The quantitative estimate of drug-likeness (QED) is 0.138. The average molecular weight is 748 g/mol. The van der Waals surface area contributed by atoms with Crippen LogP contribution in [0.5, 0.6) is 23.0 Å². The third kappa shape index (κ3) is 6.25. The van der Waals surface area contributed by atoms with Gasteiger partial charge in [0.05, 0.1) is 11.1 Å². The van der Waals surface area contributed by atoms with Gasteiger partial charge in [0.25, 0.3) is 0 Å². The number of carboxylic acid groups (broad SMARTS) is 1. The van der Waals surface area contributed by atoms with Crippen LogP contribution in [0.4, 0.5) is 0 Å². The molecule has 2 N–H and O–H groups in total. The highest BCUT2D eigenvalue weighted by Gasteiger charge is 2.41. The van der Waals surface area contributed by atoms with E-state index in [9.17, 15) is 29.4 Å². The van der Waals surface area contributed by atoms with Crippen molar-refractivity contribution in [3.8, 4) is 23.0 Å². The molecule has 50 heavy (non-hydrogen) atoms. The van der Waals surface area contributed by atoms with Crippen LogP contribution in [0.3, 0.4) is 0 Å². The summed E-state index contributed by atoms with van der Waals surface area (Å²) in [6.45, 7) is 20.8. The zero-order valence-electron chi connectivity index (χ0n) is 30.6. The summed E-state index contributed by atoms with van der Waals surface area (Å²) in [6.07, 6.45) is 4.68. The first-order valence-corrected chi connectivity index (χ1v) is 16.9. The highest BCUT2D eigenvalue weighted by atomic mass is 79.9. The molecule has 1 aliphatic rings. The maximum Gasteiger partial charge on any atom is 0.347 e. The summed E-state index contributed by atoms with van der Waals surface area (Å²) in [7, 11) is 0. The molecule has 0 aromatic heterocycles. The molecule has 0 saturated heterocycles. The van der Waals surface area contributed by atoms with E-state index in [1.807, 2.05) is 26.0 Å². The molecule has 0 unspecified atom stereocenters. The van der Waals surface area contributed by atoms with E-state index in [2.05, 4.69) is 15.9 Å². The number of ether oxygens (including phenoxy) is 3. The molecule has 10 heteroatoms. The number of aromatic hydroxyl groups is 1. The van der Waals surface area contributed by atoms with Gasteiger partial charge in [-0.3, -0.25) is 4.79 Å². The van der Waals surface area contributed by atoms with Crippen molar-refractivity contribution in [2.75, 3.05) is 0 Å². The van der Waals surface area contributed by atoms with E-state index in [0.29, 0.717) is 55.8 Å². The van der Waals surface area contributed by atoms with Gasteiger partial charge >= 0.3 is 23.9 Å². The minimum Gasteiger partial charge on any atom is -0.506 e. The summed E-state index contributed by atoms with van der Waals surface area (Å²) in [5.74, 6) is -2.88. The van der Waals surface area contributed by atoms with E-state index in [-0.39, 0.29) is 32.7 Å². The lowest BCUT2D eigenvalue weighted by molar-refractivity contribution is -0.141. The number of rotatable bonds is 7. The van der Waals surface area contributed by atoms with E-state index in [4.69, 9.17) is 14.2 Å². The zero-order valence-corrected chi connectivity index (χ0v) is 32.2. The van der Waals surface area contributed by atoms with E-state index in [1.54, 1.807) is 75.3 Å². The summed E-state index contributed by atoms with van der Waals surface area (Å²) in [4.78, 5) is 52.7. The summed E-state index contributed by atoms with van der Waals surface area (Å²) in [6, 6.07) is 1.56. The second-order valence-electron chi connectivity index (χ2n) is 13.2. The molecule has 0 heterocycles. The number of carboxylic acids is 1. The number of allylic oxidation sites excluding steroid dienone is 2. The second kappa shape index (κ2) is 13.9. The minimum absolute atomic E-state index is 0.0400. The molecule has 9 nitrogen and oxygen atoms in total. The molecule has 0 atom stereocenters. The normalized spacial score (nSPS) is 13.7. The van der Waals surface area contributed by atoms with Crippen molar-refractivity contribution in [3.05, 3.63) is 101 Å². The first-order valence-electron chi connectivity index (χ1n) is 16.1. The number of carbonyl (C=O) groups is 4. The number of phenols is 1. The zero-order chi connectivity index (χ0) is 37.7. The molecule has 3 aromatic rings. The molecular weight excluding hydrogens is 704 g/mol. The van der Waals surface area contributed by atoms with E-state index >= 15 is 0 Å². The standard InChI is InChI=1S/C40H43BrO9/c1-17-16-28(20(4)21(5)29(17)37(45)49-34-25(9)22(6)30(36(43)44)23(7)26(34)10)48-38(46)31-24(8)27(11)35(32(41)33(31)42)50-39(47)40(12)18(2)14-13-15-19(40)3/h14-16,42H,13H2,1-12H3,(H,43,44). The molecule has 0 fully saturated rings. The second-order valence-corrected chi connectivity index (χ2v) is 14.0. The van der Waals surface area contributed by atoms with Crippen LogP contribution in [0, 0.1) is 67.7 Å². The van der Waals surface area contributed by atoms with E-state index in [1.165, 1.54) is 0 Å². The van der Waals surface area contributed by atoms with Crippen molar-refractivity contribution in [1.29, 1.82) is 0 Å². The summed E-state index contributed by atoms with van der Waals surface area (Å²) in [5, 5.41) is 20.9. The Kier molecular flexibility index (Phi) is 10.6. The van der Waals surface area contributed by atoms with E-state index in [0.717, 1.165) is 17.6 Å². The van der Waals surface area contributed by atoms with Gasteiger partial charge < -0.3 is 24.4 Å². The summed E-state index contributed by atoms with van der Waals surface area (Å²) >= 11 is 3.35. The number of benzene rings is 3. The number of hydrogen-bond acceptors (Lipinski definition) is 8. The van der Waals surface area contributed by atoms with Crippen molar-refractivity contribution < 1.29 is 43.6 Å². The lowest BCUT2D eigenvalue weighted by Crippen LogP contribution is -2.35. The number of aromatic carboxylic acids is 1. The number of aryl methyl sites for hydroxylation is 1. The Labute approximate surface area is 301 Å². The Morgan fingerprint density at radius 1 is 0.640 bits per heavy atom. The lowest BCUT2D eigenvalue weighted by atomic mass is 9.73. The van der Waals surface area contributed by atoms with Crippen molar-refractivity contribution in [3.63, 3.8) is 0 Å². The molecule has 0 spiro atoms. The van der Waals surface area contributed by atoms with Gasteiger partial charge in [0.15, 0.2) is 5.75 Å². The van der Waals surface area contributed by atoms with Crippen molar-refractivity contribution >= 4 is 39.8 Å². The average Bonchev–Trinajstić information content (AvgIpc) is 3.04. The Bertz CT molecular complexity index is 2000. The van der Waals surface area contributed by atoms with Gasteiger partial charge in [-0.2, -0.15) is 0 Å². The highest BCUT2D eigenvalue weighted by Crippen LogP contribution is 2.46. The topological polar surface area (TPSA) is 136 Å². The fourth-order valence-electron chi connectivity index (χ4n) is 6.45. The van der Waals surface area contributed by atoms with Gasteiger partial charge in [0.2, 0.25) is 0 Å². The van der Waals surface area contributed by atoms with E-state index < -0.39 is 35.0 Å². The van der Waals surface area contributed by atoms with Crippen LogP contribution in [-0.2, 0) is 4.79 Å². The predicted octanol–water partition coefficient (Wildman–Crippen LogP) is 9.28. The SMILES string of the molecule is CC1=CCC=C(C)C1(C)C(=O)Oc1c(C)c(C)c(C(=O)Oc2cc(C)c(C(=O)Oc3c(C)c(C)c(C(=O)O)c(C)c3C)c(C)c2C)c(O)c1Br. The molecule has 0 saturated carbocycles. The molecule has 264 valence electrons. The number of carbonyl (C=O) groups excluding carboxylic acids is 3. The highest BCUT2D eigenvalue weighted by molar-refractivity contribution is 9.10. The first kappa shape index (κ1) is 38.1. The third-order valence-corrected chi connectivity index (χ3v) is 11.3. The molecule has 0 bridgehead atoms. The Balaban J connectivity index is 1.66. The van der Waals surface area contributed by atoms with Crippen LogP contribution in [0.25, 0.3) is 0 Å². The van der Waals surface area contributed by atoms with Crippen LogP contribution in [0.15, 0.2) is 33.8 Å². The molecular formula is C40H43BrO9. The lowest BCUT2D eigenvalue weighted by Gasteiger charge is -2.32. The Morgan fingerprint density at radius 2 is 1.10 bits per heavy atom. The fourth-order valence-corrected chi connectivity index (χ4v) is 7.03. The van der Waals surface area contributed by atoms with Gasteiger partial charge in [-0.15, -0.1) is 0 Å². The third-order valence-electron chi connectivity index (χ3n) is 10.6. The van der Waals surface area contributed by atoms with Gasteiger partial charge in [-0.25, -0.2) is 14.4 Å². The first-order chi connectivity index (χ1) is 23.2. The van der Waals surface area contributed by atoms with Crippen LogP contribution in [0.1, 0.15) is 108 Å². The molecule has 0 amide bonds. The number of esters is 3. The molecule has 4 rings (SSSR count). The van der Waals surface area contributed by atoms with Crippen molar-refractivity contribution in [2.45, 2.75) is 89.5 Å². The molecule has 3 aromatic carbocycles. The fraction of sp³-hybridized carbons (Fsp3) is 0.350. The molecule has 0 aliphatic heterocycles. The van der Waals surface area contributed by atoms with Gasteiger partial charge in [0, 0.05) is 0 Å². The van der Waals surface area contributed by atoms with Crippen molar-refractivity contribution in [1.82, 2.24) is 0 Å². The molecule has 1 aliphatic carbocycles. The molecule has 0 radical (unpaired) electrons.